The van der Waals surface area contributed by atoms with Gasteiger partial charge in [-0.05, 0) is 37.3 Å². The van der Waals surface area contributed by atoms with E-state index >= 15 is 0 Å². The van der Waals surface area contributed by atoms with E-state index in [9.17, 15) is 4.79 Å². The molecule has 0 radical (unpaired) electrons. The molecule has 0 saturated carbocycles. The highest BCUT2D eigenvalue weighted by Gasteiger charge is 2.26. The fourth-order valence-electron chi connectivity index (χ4n) is 2.93. The van der Waals surface area contributed by atoms with Gasteiger partial charge in [0, 0.05) is 32.8 Å². The zero-order valence-corrected chi connectivity index (χ0v) is 11.7. The molecule has 19 heavy (non-hydrogen) atoms. The van der Waals surface area contributed by atoms with Crippen LogP contribution in [0.25, 0.3) is 0 Å². The number of carboxylic acids is 1. The molecule has 1 aliphatic heterocycles. The van der Waals surface area contributed by atoms with Crippen molar-refractivity contribution in [1.29, 1.82) is 0 Å². The minimum Gasteiger partial charge on any atom is -0.481 e. The van der Waals surface area contributed by atoms with Gasteiger partial charge in [0.15, 0.2) is 0 Å². The van der Waals surface area contributed by atoms with Crippen molar-refractivity contribution in [2.45, 2.75) is 32.7 Å². The predicted octanol–water partition coefficient (Wildman–Crippen LogP) is 1.74. The van der Waals surface area contributed by atoms with Gasteiger partial charge in [-0.15, -0.1) is 0 Å². The van der Waals surface area contributed by atoms with E-state index in [2.05, 4.69) is 16.9 Å². The fraction of sp³-hybridized carbons (Fsp3) is 0.714. The average Bonchev–Trinajstić information content (AvgIpc) is 2.75. The Kier molecular flexibility index (Phi) is 4.58. The number of likely N-dealkylation sites (tertiary alicyclic amines) is 1. The number of rotatable bonds is 5. The van der Waals surface area contributed by atoms with E-state index in [4.69, 9.17) is 5.11 Å². The molecule has 1 fully saturated rings. The highest BCUT2D eigenvalue weighted by molar-refractivity contribution is 5.67. The van der Waals surface area contributed by atoms with Gasteiger partial charge in [-0.3, -0.25) is 14.4 Å². The summed E-state index contributed by atoms with van der Waals surface area (Å²) in [5.74, 6) is 0.0705. The van der Waals surface area contributed by atoms with Gasteiger partial charge in [0.05, 0.1) is 5.69 Å². The summed E-state index contributed by atoms with van der Waals surface area (Å²) < 4.78 is 1.91. The van der Waals surface area contributed by atoms with Crippen LogP contribution < -0.4 is 0 Å². The fourth-order valence-corrected chi connectivity index (χ4v) is 2.93. The van der Waals surface area contributed by atoms with Crippen LogP contribution >= 0.6 is 0 Å². The molecular formula is C14H23N3O2. The molecule has 0 bridgehead atoms. The summed E-state index contributed by atoms with van der Waals surface area (Å²) in [6.07, 6.45) is 4.41. The Morgan fingerprint density at radius 3 is 3.05 bits per heavy atom. The van der Waals surface area contributed by atoms with E-state index in [1.807, 2.05) is 24.0 Å². The molecule has 1 saturated heterocycles. The van der Waals surface area contributed by atoms with Crippen molar-refractivity contribution >= 4 is 5.97 Å². The number of aryl methyl sites for hydroxylation is 1. The summed E-state index contributed by atoms with van der Waals surface area (Å²) in [6.45, 7) is 5.07. The predicted molar refractivity (Wildman–Crippen MR) is 72.6 cm³/mol. The van der Waals surface area contributed by atoms with E-state index in [0.717, 1.165) is 32.5 Å². The first-order chi connectivity index (χ1) is 9.06. The van der Waals surface area contributed by atoms with Gasteiger partial charge in [0.25, 0.3) is 0 Å². The Morgan fingerprint density at radius 1 is 1.63 bits per heavy atom. The number of carbonyl (C=O) groups is 1. The maximum atomic E-state index is 10.8. The molecule has 2 heterocycles. The zero-order valence-electron chi connectivity index (χ0n) is 11.7. The van der Waals surface area contributed by atoms with Gasteiger partial charge in [-0.2, -0.15) is 5.10 Å². The number of aromatic nitrogens is 2. The van der Waals surface area contributed by atoms with E-state index in [1.54, 1.807) is 0 Å². The molecule has 1 aromatic heterocycles. The van der Waals surface area contributed by atoms with Gasteiger partial charge in [-0.1, -0.05) is 6.92 Å². The molecule has 0 aliphatic carbocycles. The third-order valence-electron chi connectivity index (χ3n) is 4.15. The van der Waals surface area contributed by atoms with Crippen LogP contribution in [0.5, 0.6) is 0 Å². The van der Waals surface area contributed by atoms with Gasteiger partial charge in [0.1, 0.15) is 0 Å². The van der Waals surface area contributed by atoms with Crippen LogP contribution in [0.2, 0.25) is 0 Å². The summed E-state index contributed by atoms with van der Waals surface area (Å²) in [4.78, 5) is 13.2. The minimum absolute atomic E-state index is 0.256. The molecule has 5 nitrogen and oxygen atoms in total. The van der Waals surface area contributed by atoms with Gasteiger partial charge in [-0.25, -0.2) is 0 Å². The third-order valence-corrected chi connectivity index (χ3v) is 4.15. The quantitative estimate of drug-likeness (QED) is 0.881. The lowest BCUT2D eigenvalue weighted by Gasteiger charge is -2.35. The maximum Gasteiger partial charge on any atom is 0.303 e. The normalized spacial score (nSPS) is 22.3. The van der Waals surface area contributed by atoms with Gasteiger partial charge in [0.2, 0.25) is 0 Å². The molecule has 2 unspecified atom stereocenters. The molecule has 106 valence electrons. The van der Waals surface area contributed by atoms with Crippen LogP contribution in [0.1, 0.15) is 31.9 Å². The smallest absolute Gasteiger partial charge is 0.303 e. The summed E-state index contributed by atoms with van der Waals surface area (Å²) in [5, 5.41) is 13.1. The molecule has 1 aliphatic rings. The Labute approximate surface area is 114 Å². The van der Waals surface area contributed by atoms with Gasteiger partial charge < -0.3 is 5.11 Å². The molecule has 0 aromatic carbocycles. The Bertz CT molecular complexity index is 430. The summed E-state index contributed by atoms with van der Waals surface area (Å²) in [7, 11) is 1.96. The first-order valence-corrected chi connectivity index (χ1v) is 6.97. The number of carboxylic acid groups (broad SMARTS) is 1. The van der Waals surface area contributed by atoms with Crippen molar-refractivity contribution in [3.8, 4) is 0 Å². The Morgan fingerprint density at radius 2 is 2.42 bits per heavy atom. The number of nitrogens with zero attached hydrogens (tertiary/aromatic N) is 3. The maximum absolute atomic E-state index is 10.8. The average molecular weight is 265 g/mol. The topological polar surface area (TPSA) is 58.4 Å². The zero-order chi connectivity index (χ0) is 13.8. The van der Waals surface area contributed by atoms with E-state index < -0.39 is 5.97 Å². The second-order valence-electron chi connectivity index (χ2n) is 5.66. The highest BCUT2D eigenvalue weighted by Crippen LogP contribution is 2.26. The lowest BCUT2D eigenvalue weighted by Crippen LogP contribution is -2.38. The summed E-state index contributed by atoms with van der Waals surface area (Å²) in [6, 6.07) is 2.05. The second kappa shape index (κ2) is 6.19. The van der Waals surface area contributed by atoms with Crippen molar-refractivity contribution in [3.05, 3.63) is 18.0 Å². The van der Waals surface area contributed by atoms with Crippen molar-refractivity contribution < 1.29 is 9.90 Å². The number of hydrogen-bond acceptors (Lipinski definition) is 3. The van der Waals surface area contributed by atoms with Gasteiger partial charge >= 0.3 is 5.97 Å². The lowest BCUT2D eigenvalue weighted by atomic mass is 9.84. The van der Waals surface area contributed by atoms with Crippen LogP contribution in [0.4, 0.5) is 0 Å². The van der Waals surface area contributed by atoms with Crippen molar-refractivity contribution in [2.24, 2.45) is 18.9 Å². The molecule has 1 N–H and O–H groups in total. The standard InChI is InChI=1S/C14H23N3O2/c1-11(8-14(18)19)12-4-3-7-17(9-12)10-13-5-6-15-16(13)2/h5-6,11-12H,3-4,7-10H2,1-2H3,(H,18,19). The summed E-state index contributed by atoms with van der Waals surface area (Å²) in [5.41, 5.74) is 1.21. The first-order valence-electron chi connectivity index (χ1n) is 6.97. The van der Waals surface area contributed by atoms with Crippen LogP contribution in [0, 0.1) is 11.8 Å². The van der Waals surface area contributed by atoms with Crippen molar-refractivity contribution in [1.82, 2.24) is 14.7 Å². The van der Waals surface area contributed by atoms with E-state index in [-0.39, 0.29) is 12.3 Å². The number of aliphatic carboxylic acids is 1. The first kappa shape index (κ1) is 14.1. The molecule has 0 amide bonds. The van der Waals surface area contributed by atoms with Crippen LogP contribution in [-0.2, 0) is 18.4 Å². The van der Waals surface area contributed by atoms with E-state index in [1.165, 1.54) is 5.69 Å². The number of piperidine rings is 1. The van der Waals surface area contributed by atoms with Crippen LogP contribution in [-0.4, -0.2) is 38.8 Å². The second-order valence-corrected chi connectivity index (χ2v) is 5.66. The van der Waals surface area contributed by atoms with E-state index in [0.29, 0.717) is 5.92 Å². The molecule has 2 atom stereocenters. The minimum atomic E-state index is -0.684. The largest absolute Gasteiger partial charge is 0.481 e. The molecule has 1 aromatic rings. The number of hydrogen-bond donors (Lipinski definition) is 1. The lowest BCUT2D eigenvalue weighted by molar-refractivity contribution is -0.138. The molecule has 0 spiro atoms. The Hall–Kier alpha value is -1.36. The van der Waals surface area contributed by atoms with Crippen LogP contribution in [0.15, 0.2) is 12.3 Å². The Balaban J connectivity index is 1.90. The molecular weight excluding hydrogens is 242 g/mol. The highest BCUT2D eigenvalue weighted by atomic mass is 16.4. The monoisotopic (exact) mass is 265 g/mol. The van der Waals surface area contributed by atoms with Crippen molar-refractivity contribution in [2.75, 3.05) is 13.1 Å². The molecule has 5 heteroatoms. The molecule has 2 rings (SSSR count). The summed E-state index contributed by atoms with van der Waals surface area (Å²) >= 11 is 0. The van der Waals surface area contributed by atoms with Crippen LogP contribution in [0.3, 0.4) is 0 Å². The third kappa shape index (κ3) is 3.80. The van der Waals surface area contributed by atoms with Crippen molar-refractivity contribution in [3.63, 3.8) is 0 Å². The SMILES string of the molecule is CC(CC(=O)O)C1CCCN(Cc2ccnn2C)C1.